The zero-order valence-corrected chi connectivity index (χ0v) is 25.0. The zero-order valence-electron chi connectivity index (χ0n) is 24.2. The third kappa shape index (κ3) is 4.96. The quantitative estimate of drug-likeness (QED) is 0.196. The van der Waals surface area contributed by atoms with Crippen molar-refractivity contribution in [1.82, 2.24) is 19.8 Å². The monoisotopic (exact) mass is 614 g/mol. The van der Waals surface area contributed by atoms with Crippen molar-refractivity contribution in [3.63, 3.8) is 0 Å². The maximum atomic E-state index is 16.0. The number of carbonyl (C=O) groups is 1. The lowest BCUT2D eigenvalue weighted by atomic mass is 9.95. The number of fused-ring (bicyclic) bond motifs is 3. The smallest absolute Gasteiger partial charge is 0.319 e. The fraction of sp³-hybridized carbons (Fsp3) is 0.394. The number of anilines is 1. The standard InChI is InChI=1S/C33H32F2N6O2S/c1-3-30(42)41-12-11-39(19-22(41)17-36-2)31-26-14-27(35)25(23-6-4-7-29-24(23)8-13-44-29)15-28(26)37-32(38-31)43-20-33-9-5-10-40(33)18-21(34)16-33/h3-4,6-8,13-15,21-22H,1,5,9-12,16-20H2/t21-,22+,33?/m1/s1. The molecule has 3 aliphatic rings. The van der Waals surface area contributed by atoms with E-state index in [0.717, 1.165) is 35.0 Å². The minimum absolute atomic E-state index is 0.119. The van der Waals surface area contributed by atoms with E-state index in [-0.39, 0.29) is 36.7 Å². The Morgan fingerprint density at radius 2 is 2.07 bits per heavy atom. The van der Waals surface area contributed by atoms with Crippen LogP contribution in [0.2, 0.25) is 0 Å². The van der Waals surface area contributed by atoms with E-state index < -0.39 is 12.0 Å². The predicted molar refractivity (Wildman–Crippen MR) is 168 cm³/mol. The minimum Gasteiger partial charge on any atom is -0.461 e. The van der Waals surface area contributed by atoms with Crippen LogP contribution >= 0.6 is 11.3 Å². The third-order valence-electron chi connectivity index (χ3n) is 9.30. The van der Waals surface area contributed by atoms with E-state index in [0.29, 0.717) is 54.9 Å². The van der Waals surface area contributed by atoms with Crippen LogP contribution < -0.4 is 9.64 Å². The maximum Gasteiger partial charge on any atom is 0.319 e. The Balaban J connectivity index is 1.31. The SMILES string of the molecule is [C-]#[N+]C[C@H]1CN(c2nc(OCC34CCCN3C[C@H](F)C4)nc3cc(-c4cccc5sccc45)c(F)cc23)CCN1C(=O)C=C. The fourth-order valence-electron chi connectivity index (χ4n) is 7.22. The number of amides is 1. The average molecular weight is 615 g/mol. The number of hydrogen-bond acceptors (Lipinski definition) is 7. The van der Waals surface area contributed by atoms with E-state index in [2.05, 4.69) is 16.3 Å². The first kappa shape index (κ1) is 28.6. The van der Waals surface area contributed by atoms with E-state index in [1.165, 1.54) is 12.1 Å². The number of hydrogen-bond donors (Lipinski definition) is 0. The molecule has 3 aliphatic heterocycles. The molecule has 0 radical (unpaired) electrons. The van der Waals surface area contributed by atoms with Gasteiger partial charge in [-0.2, -0.15) is 9.97 Å². The number of alkyl halides is 1. The lowest BCUT2D eigenvalue weighted by Gasteiger charge is -2.39. The number of ether oxygens (including phenoxy) is 1. The van der Waals surface area contributed by atoms with Crippen molar-refractivity contribution in [3.05, 3.63) is 71.7 Å². The van der Waals surface area contributed by atoms with Gasteiger partial charge in [0.25, 0.3) is 0 Å². The first-order valence-electron chi connectivity index (χ1n) is 14.9. The zero-order chi connectivity index (χ0) is 30.4. The number of piperazine rings is 1. The molecule has 2 aromatic carbocycles. The van der Waals surface area contributed by atoms with Crippen LogP contribution in [0.3, 0.4) is 0 Å². The highest BCUT2D eigenvalue weighted by atomic mass is 32.1. The summed E-state index contributed by atoms with van der Waals surface area (Å²) in [4.78, 5) is 31.5. The number of thiophene rings is 1. The summed E-state index contributed by atoms with van der Waals surface area (Å²) in [6.07, 6.45) is 2.65. The second-order valence-electron chi connectivity index (χ2n) is 11.9. The van der Waals surface area contributed by atoms with Gasteiger partial charge in [-0.05, 0) is 60.7 Å². The number of nitrogens with zero attached hydrogens (tertiary/aromatic N) is 6. The highest BCUT2D eigenvalue weighted by Crippen LogP contribution is 2.41. The van der Waals surface area contributed by atoms with E-state index in [1.807, 2.05) is 34.5 Å². The molecule has 3 atom stereocenters. The molecule has 0 spiro atoms. The van der Waals surface area contributed by atoms with Gasteiger partial charge < -0.3 is 19.4 Å². The van der Waals surface area contributed by atoms with Gasteiger partial charge in [-0.15, -0.1) is 11.3 Å². The molecule has 11 heteroatoms. The Morgan fingerprint density at radius 3 is 2.91 bits per heavy atom. The van der Waals surface area contributed by atoms with Gasteiger partial charge in [-0.1, -0.05) is 18.7 Å². The van der Waals surface area contributed by atoms with Crippen LogP contribution in [-0.2, 0) is 4.79 Å². The lowest BCUT2D eigenvalue weighted by molar-refractivity contribution is -0.128. The molecule has 1 amide bonds. The topological polar surface area (TPSA) is 66.2 Å². The van der Waals surface area contributed by atoms with Crippen LogP contribution in [0.15, 0.2) is 54.4 Å². The number of benzene rings is 2. The van der Waals surface area contributed by atoms with Gasteiger partial charge in [-0.25, -0.2) is 15.4 Å². The van der Waals surface area contributed by atoms with E-state index in [1.54, 1.807) is 22.3 Å². The molecule has 3 fully saturated rings. The van der Waals surface area contributed by atoms with Crippen LogP contribution in [-0.4, -0.2) is 89.3 Å². The van der Waals surface area contributed by atoms with Crippen LogP contribution in [0.5, 0.6) is 6.01 Å². The summed E-state index contributed by atoms with van der Waals surface area (Å²) in [6.45, 7) is 13.9. The number of halogens is 2. The van der Waals surface area contributed by atoms with Gasteiger partial charge in [0, 0.05) is 53.6 Å². The van der Waals surface area contributed by atoms with Crippen molar-refractivity contribution in [3.8, 4) is 17.1 Å². The number of aromatic nitrogens is 2. The summed E-state index contributed by atoms with van der Waals surface area (Å²) >= 11 is 1.60. The molecule has 7 rings (SSSR count). The largest absolute Gasteiger partial charge is 0.461 e. The highest BCUT2D eigenvalue weighted by Gasteiger charge is 2.49. The van der Waals surface area contributed by atoms with Gasteiger partial charge in [0.05, 0.1) is 11.1 Å². The first-order chi connectivity index (χ1) is 21.4. The van der Waals surface area contributed by atoms with Crippen LogP contribution in [0.1, 0.15) is 19.3 Å². The van der Waals surface area contributed by atoms with Gasteiger partial charge in [0.1, 0.15) is 30.5 Å². The Labute approximate surface area is 258 Å². The summed E-state index contributed by atoms with van der Waals surface area (Å²) in [5.74, 6) is -0.134. The van der Waals surface area contributed by atoms with Gasteiger partial charge in [0.2, 0.25) is 12.5 Å². The van der Waals surface area contributed by atoms with Crippen molar-refractivity contribution in [2.45, 2.75) is 37.0 Å². The van der Waals surface area contributed by atoms with E-state index in [4.69, 9.17) is 21.3 Å². The van der Waals surface area contributed by atoms with Crippen molar-refractivity contribution in [2.24, 2.45) is 0 Å². The van der Waals surface area contributed by atoms with Crippen molar-refractivity contribution >= 4 is 44.1 Å². The second kappa shape index (κ2) is 11.4. The van der Waals surface area contributed by atoms with E-state index >= 15 is 4.39 Å². The maximum absolute atomic E-state index is 16.0. The summed E-state index contributed by atoms with van der Waals surface area (Å²) < 4.78 is 37.8. The molecule has 2 aromatic heterocycles. The molecule has 44 heavy (non-hydrogen) atoms. The average Bonchev–Trinajstić information content (AvgIpc) is 3.73. The van der Waals surface area contributed by atoms with Crippen molar-refractivity contribution < 1.29 is 18.3 Å². The first-order valence-corrected chi connectivity index (χ1v) is 15.8. The van der Waals surface area contributed by atoms with Crippen molar-refractivity contribution in [2.75, 3.05) is 50.8 Å². The summed E-state index contributed by atoms with van der Waals surface area (Å²) in [5.41, 5.74) is 1.36. The van der Waals surface area contributed by atoms with Crippen LogP contribution in [0, 0.1) is 12.4 Å². The molecule has 0 aliphatic carbocycles. The molecular formula is C33H32F2N6O2S. The summed E-state index contributed by atoms with van der Waals surface area (Å²) in [5, 5.41) is 3.48. The number of carbonyl (C=O) groups excluding carboxylic acids is 1. The molecule has 4 aromatic rings. The molecule has 0 N–H and O–H groups in total. The normalized spacial score (nSPS) is 23.7. The Morgan fingerprint density at radius 1 is 1.18 bits per heavy atom. The Hall–Kier alpha value is -4.14. The molecule has 8 nitrogen and oxygen atoms in total. The van der Waals surface area contributed by atoms with Gasteiger partial charge in [-0.3, -0.25) is 9.69 Å². The Bertz CT molecular complexity index is 1810. The van der Waals surface area contributed by atoms with Crippen LogP contribution in [0.25, 0.3) is 37.0 Å². The predicted octanol–water partition coefficient (Wildman–Crippen LogP) is 5.73. The van der Waals surface area contributed by atoms with Gasteiger partial charge in [0.15, 0.2) is 0 Å². The molecule has 5 heterocycles. The molecule has 1 unspecified atom stereocenters. The molecule has 0 saturated carbocycles. The number of rotatable bonds is 7. The molecule has 0 bridgehead atoms. The van der Waals surface area contributed by atoms with Crippen LogP contribution in [0.4, 0.5) is 14.6 Å². The Kier molecular flexibility index (Phi) is 7.42. The summed E-state index contributed by atoms with van der Waals surface area (Å²) in [7, 11) is 0. The third-order valence-corrected chi connectivity index (χ3v) is 10.2. The molecule has 3 saturated heterocycles. The molecule has 226 valence electrons. The van der Waals surface area contributed by atoms with E-state index in [9.17, 15) is 9.18 Å². The second-order valence-corrected chi connectivity index (χ2v) is 12.8. The fourth-order valence-corrected chi connectivity index (χ4v) is 8.03. The minimum atomic E-state index is -0.883. The highest BCUT2D eigenvalue weighted by molar-refractivity contribution is 7.17. The van der Waals surface area contributed by atoms with Crippen molar-refractivity contribution in [1.29, 1.82) is 0 Å². The lowest BCUT2D eigenvalue weighted by Crippen LogP contribution is -2.56. The molecular weight excluding hydrogens is 582 g/mol. The summed E-state index contributed by atoms with van der Waals surface area (Å²) in [6, 6.07) is 10.8. The van der Waals surface area contributed by atoms with Gasteiger partial charge >= 0.3 is 6.01 Å².